The average molecular weight is 407 g/mol. The van der Waals surface area contributed by atoms with Crippen molar-refractivity contribution in [3.8, 4) is 10.4 Å². The molecule has 1 aromatic heterocycles. The molecule has 0 atom stereocenters. The highest BCUT2D eigenvalue weighted by Crippen LogP contribution is 2.28. The molecule has 0 N–H and O–H groups in total. The first-order chi connectivity index (χ1) is 12.1. The smallest absolute Gasteiger partial charge is 0.389 e. The number of thiazole rings is 1. The van der Waals surface area contributed by atoms with Gasteiger partial charge in [0.25, 0.3) is 0 Å². The van der Waals surface area contributed by atoms with E-state index < -0.39 is 40.6 Å². The number of aromatic nitrogens is 1. The number of methoxy groups -OCH3 is 1. The molecule has 2 aromatic rings. The molecule has 0 saturated carbocycles. The van der Waals surface area contributed by atoms with Gasteiger partial charge >= 0.3 is 12.1 Å². The van der Waals surface area contributed by atoms with E-state index in [1.54, 1.807) is 18.3 Å². The van der Waals surface area contributed by atoms with Crippen LogP contribution in [-0.4, -0.2) is 38.4 Å². The summed E-state index contributed by atoms with van der Waals surface area (Å²) in [5, 5.41) is 0.565. The second-order valence-corrected chi connectivity index (χ2v) is 8.66. The lowest BCUT2D eigenvalue weighted by Gasteiger charge is -2.07. The van der Waals surface area contributed by atoms with E-state index in [4.69, 9.17) is 0 Å². The normalized spacial score (nSPS) is 12.2. The Bertz CT molecular complexity index is 858. The number of carbonyl (C=O) groups is 1. The van der Waals surface area contributed by atoms with Crippen LogP contribution in [0.5, 0.6) is 0 Å². The molecule has 0 spiro atoms. The minimum absolute atomic E-state index is 0.0253. The van der Waals surface area contributed by atoms with Crippen LogP contribution < -0.4 is 0 Å². The van der Waals surface area contributed by atoms with Crippen LogP contribution in [-0.2, 0) is 25.8 Å². The van der Waals surface area contributed by atoms with Crippen LogP contribution in [0, 0.1) is 0 Å². The standard InChI is InChI=1S/C16H16F3NO4S2/c1-24-15(21)9-14-20-10-13(25-14)11-3-5-12(6-4-11)26(22,23)8-2-7-16(17,18)19/h3-6,10H,2,7-9H2,1H3. The predicted octanol–water partition coefficient (Wildman–Crippen LogP) is 3.64. The first-order valence-corrected chi connectivity index (χ1v) is 9.99. The van der Waals surface area contributed by atoms with Crippen LogP contribution in [0.4, 0.5) is 13.2 Å². The minimum atomic E-state index is -4.37. The van der Waals surface area contributed by atoms with Crippen molar-refractivity contribution in [3.05, 3.63) is 35.5 Å². The van der Waals surface area contributed by atoms with Gasteiger partial charge in [-0.05, 0) is 24.1 Å². The maximum absolute atomic E-state index is 12.1. The molecule has 0 unspecified atom stereocenters. The van der Waals surface area contributed by atoms with Crippen LogP contribution in [0.3, 0.4) is 0 Å². The van der Waals surface area contributed by atoms with Crippen LogP contribution in [0.2, 0.25) is 0 Å². The molecule has 1 heterocycles. The van der Waals surface area contributed by atoms with Crippen molar-refractivity contribution in [1.29, 1.82) is 0 Å². The highest BCUT2D eigenvalue weighted by Gasteiger charge is 2.27. The van der Waals surface area contributed by atoms with Gasteiger partial charge in [0.2, 0.25) is 0 Å². The molecule has 0 saturated heterocycles. The molecule has 5 nitrogen and oxygen atoms in total. The minimum Gasteiger partial charge on any atom is -0.469 e. The SMILES string of the molecule is COC(=O)Cc1ncc(-c2ccc(S(=O)(=O)CCCC(F)(F)F)cc2)s1. The number of alkyl halides is 3. The van der Waals surface area contributed by atoms with Gasteiger partial charge in [0.05, 0.1) is 29.1 Å². The predicted molar refractivity (Wildman–Crippen MR) is 90.6 cm³/mol. The number of halogens is 3. The van der Waals surface area contributed by atoms with Crippen molar-refractivity contribution in [2.24, 2.45) is 0 Å². The summed E-state index contributed by atoms with van der Waals surface area (Å²) in [4.78, 5) is 16.1. The molecule has 0 fully saturated rings. The van der Waals surface area contributed by atoms with Crippen molar-refractivity contribution in [2.45, 2.75) is 30.3 Å². The fourth-order valence-electron chi connectivity index (χ4n) is 2.13. The Kier molecular flexibility index (Phi) is 6.40. The lowest BCUT2D eigenvalue weighted by Crippen LogP contribution is -2.12. The first-order valence-electron chi connectivity index (χ1n) is 7.52. The molecular weight excluding hydrogens is 391 g/mol. The first kappa shape index (κ1) is 20.4. The molecule has 0 aliphatic rings. The summed E-state index contributed by atoms with van der Waals surface area (Å²) in [6, 6.07) is 5.84. The molecule has 10 heteroatoms. The number of carbonyl (C=O) groups excluding carboxylic acids is 1. The maximum atomic E-state index is 12.1. The van der Waals surface area contributed by atoms with Crippen LogP contribution in [0.1, 0.15) is 17.8 Å². The lowest BCUT2D eigenvalue weighted by molar-refractivity contribution is -0.139. The molecule has 26 heavy (non-hydrogen) atoms. The van der Waals surface area contributed by atoms with E-state index in [0.717, 1.165) is 4.88 Å². The van der Waals surface area contributed by atoms with Crippen molar-refractivity contribution in [2.75, 3.05) is 12.9 Å². The molecule has 2 rings (SSSR count). The Morgan fingerprint density at radius 1 is 1.23 bits per heavy atom. The summed E-state index contributed by atoms with van der Waals surface area (Å²) in [6.07, 6.45) is -4.36. The number of benzene rings is 1. The van der Waals surface area contributed by atoms with Crippen molar-refractivity contribution < 1.29 is 31.1 Å². The summed E-state index contributed by atoms with van der Waals surface area (Å²) in [5.74, 6) is -0.971. The van der Waals surface area contributed by atoms with E-state index in [9.17, 15) is 26.4 Å². The Balaban J connectivity index is 2.07. The summed E-state index contributed by atoms with van der Waals surface area (Å²) in [6.45, 7) is 0. The summed E-state index contributed by atoms with van der Waals surface area (Å²) in [5.41, 5.74) is 0.702. The van der Waals surface area contributed by atoms with Crippen molar-refractivity contribution >= 4 is 27.1 Å². The van der Waals surface area contributed by atoms with Gasteiger partial charge in [0, 0.05) is 12.6 Å². The zero-order chi connectivity index (χ0) is 19.4. The second kappa shape index (κ2) is 8.17. The number of esters is 1. The van der Waals surface area contributed by atoms with E-state index in [2.05, 4.69) is 9.72 Å². The molecule has 0 aliphatic carbocycles. The molecule has 142 valence electrons. The average Bonchev–Trinajstić information content (AvgIpc) is 3.02. The van der Waals surface area contributed by atoms with Gasteiger partial charge in [0.15, 0.2) is 9.84 Å². The van der Waals surface area contributed by atoms with Gasteiger partial charge in [-0.3, -0.25) is 4.79 Å². The lowest BCUT2D eigenvalue weighted by atomic mass is 10.2. The van der Waals surface area contributed by atoms with Crippen molar-refractivity contribution in [1.82, 2.24) is 4.98 Å². The fraction of sp³-hybridized carbons (Fsp3) is 0.375. The quantitative estimate of drug-likeness (QED) is 0.655. The maximum Gasteiger partial charge on any atom is 0.389 e. The molecule has 1 aromatic carbocycles. The van der Waals surface area contributed by atoms with Gasteiger partial charge in [0.1, 0.15) is 5.01 Å². The van der Waals surface area contributed by atoms with Crippen LogP contribution in [0.25, 0.3) is 10.4 Å². The number of hydrogen-bond donors (Lipinski definition) is 0. The molecule has 0 radical (unpaired) electrons. The number of hydrogen-bond acceptors (Lipinski definition) is 6. The Morgan fingerprint density at radius 3 is 2.46 bits per heavy atom. The Labute approximate surface area is 152 Å². The van der Waals surface area contributed by atoms with Gasteiger partial charge in [-0.15, -0.1) is 11.3 Å². The summed E-state index contributed by atoms with van der Waals surface area (Å²) in [7, 11) is -2.49. The highest BCUT2D eigenvalue weighted by atomic mass is 32.2. The third-order valence-corrected chi connectivity index (χ3v) is 6.31. The van der Waals surface area contributed by atoms with Gasteiger partial charge in [-0.2, -0.15) is 13.2 Å². The molecular formula is C16H16F3NO4S2. The van der Waals surface area contributed by atoms with E-state index in [0.29, 0.717) is 10.6 Å². The third kappa shape index (κ3) is 5.80. The third-order valence-electron chi connectivity index (χ3n) is 3.45. The Morgan fingerprint density at radius 2 is 1.88 bits per heavy atom. The zero-order valence-corrected chi connectivity index (χ0v) is 15.4. The summed E-state index contributed by atoms with van der Waals surface area (Å²) >= 11 is 1.27. The fourth-order valence-corrected chi connectivity index (χ4v) is 4.35. The number of ether oxygens (including phenoxy) is 1. The van der Waals surface area contributed by atoms with E-state index in [1.165, 1.54) is 30.6 Å². The van der Waals surface area contributed by atoms with Gasteiger partial charge in [-0.25, -0.2) is 13.4 Å². The Hall–Kier alpha value is -1.94. The summed E-state index contributed by atoms with van der Waals surface area (Å²) < 4.78 is 65.2. The van der Waals surface area contributed by atoms with E-state index in [1.807, 2.05) is 0 Å². The van der Waals surface area contributed by atoms with Crippen LogP contribution >= 0.6 is 11.3 Å². The largest absolute Gasteiger partial charge is 0.469 e. The second-order valence-electron chi connectivity index (χ2n) is 5.43. The number of rotatable bonds is 7. The molecule has 0 aliphatic heterocycles. The van der Waals surface area contributed by atoms with Gasteiger partial charge < -0.3 is 4.74 Å². The highest BCUT2D eigenvalue weighted by molar-refractivity contribution is 7.91. The van der Waals surface area contributed by atoms with Crippen molar-refractivity contribution in [3.63, 3.8) is 0 Å². The van der Waals surface area contributed by atoms with E-state index >= 15 is 0 Å². The molecule has 0 bridgehead atoms. The van der Waals surface area contributed by atoms with Crippen LogP contribution in [0.15, 0.2) is 35.4 Å². The topological polar surface area (TPSA) is 73.3 Å². The molecule has 0 amide bonds. The number of sulfone groups is 1. The van der Waals surface area contributed by atoms with Gasteiger partial charge in [-0.1, -0.05) is 12.1 Å². The number of nitrogens with zero attached hydrogens (tertiary/aromatic N) is 1. The zero-order valence-electron chi connectivity index (χ0n) is 13.7. The monoisotopic (exact) mass is 407 g/mol. The van der Waals surface area contributed by atoms with E-state index in [-0.39, 0.29) is 11.3 Å².